The van der Waals surface area contributed by atoms with Gasteiger partial charge in [-0.05, 0) is 12.8 Å². The third-order valence-corrected chi connectivity index (χ3v) is 4.46. The van der Waals surface area contributed by atoms with Gasteiger partial charge in [0.1, 0.15) is 29.9 Å². The van der Waals surface area contributed by atoms with Gasteiger partial charge in [-0.2, -0.15) is 5.10 Å². The molecule has 0 saturated carbocycles. The Morgan fingerprint density at radius 1 is 1.44 bits per heavy atom. The minimum Gasteiger partial charge on any atom is -0.382 e. The van der Waals surface area contributed by atoms with Gasteiger partial charge in [0.2, 0.25) is 0 Å². The normalized spacial score (nSPS) is 16.5. The molecule has 1 aromatic heterocycles. The summed E-state index contributed by atoms with van der Waals surface area (Å²) in [6.45, 7) is 4.26. The summed E-state index contributed by atoms with van der Waals surface area (Å²) in [5.41, 5.74) is -2.59. The number of aliphatic imine (C=N–C) groups is 2. The first-order valence-corrected chi connectivity index (χ1v) is 8.11. The highest BCUT2D eigenvalue weighted by atomic mass is 35.5. The van der Waals surface area contributed by atoms with E-state index in [1.807, 2.05) is 0 Å². The van der Waals surface area contributed by atoms with E-state index in [9.17, 15) is 18.3 Å². The summed E-state index contributed by atoms with van der Waals surface area (Å²) in [6, 6.07) is 2.70. The lowest BCUT2D eigenvalue weighted by atomic mass is 9.78. The van der Waals surface area contributed by atoms with E-state index in [1.54, 1.807) is 0 Å². The average Bonchev–Trinajstić information content (AvgIpc) is 3.13. The fraction of sp³-hybridized carbons (Fsp3) is 0.294. The largest absolute Gasteiger partial charge is 0.382 e. The smallest absolute Gasteiger partial charge is 0.181 e. The quantitative estimate of drug-likeness (QED) is 0.573. The Balaban J connectivity index is 2.63. The monoisotopic (exact) mass is 399 g/mol. The van der Waals surface area contributed by atoms with Crippen LogP contribution in [0.3, 0.4) is 0 Å². The summed E-state index contributed by atoms with van der Waals surface area (Å²) in [7, 11) is 1.29. The molecule has 10 heteroatoms. The van der Waals surface area contributed by atoms with E-state index in [0.29, 0.717) is 6.07 Å². The zero-order chi connectivity index (χ0) is 20.2. The highest BCUT2D eigenvalue weighted by Crippen LogP contribution is 2.37. The summed E-state index contributed by atoms with van der Waals surface area (Å²) in [4.78, 5) is 10.9. The maximum Gasteiger partial charge on any atom is 0.181 e. The zero-order valence-corrected chi connectivity index (χ0v) is 15.3. The van der Waals surface area contributed by atoms with Crippen molar-refractivity contribution in [1.29, 1.82) is 0 Å². The van der Waals surface area contributed by atoms with Gasteiger partial charge in [-0.1, -0.05) is 24.6 Å². The second-order valence-electron chi connectivity index (χ2n) is 5.73. The molecule has 2 unspecified atom stereocenters. The molecule has 0 radical (unpaired) electrons. The summed E-state index contributed by atoms with van der Waals surface area (Å²) in [6.07, 6.45) is 2.52. The average molecular weight is 400 g/mol. The number of rotatable bonds is 7. The lowest BCUT2D eigenvalue weighted by Gasteiger charge is -2.35. The van der Waals surface area contributed by atoms with E-state index < -0.39 is 34.1 Å². The Kier molecular flexibility index (Phi) is 6.50. The first-order chi connectivity index (χ1) is 12.7. The molecule has 0 aliphatic carbocycles. The third-order valence-electron chi connectivity index (χ3n) is 4.18. The highest BCUT2D eigenvalue weighted by molar-refractivity contribution is 6.32. The number of allylic oxidation sites excluding steroid dienone is 1. The fourth-order valence-electron chi connectivity index (χ4n) is 2.74. The molecule has 0 fully saturated rings. The van der Waals surface area contributed by atoms with Crippen LogP contribution < -0.4 is 0 Å². The zero-order valence-electron chi connectivity index (χ0n) is 14.6. The Morgan fingerprint density at radius 3 is 2.67 bits per heavy atom. The van der Waals surface area contributed by atoms with Crippen molar-refractivity contribution < 1.29 is 18.3 Å². The SMILES string of the molecule is C=NC(Cl)=C(F)C(=NC)C(C)C(O)(Cn1cncn1)c1ccc(F)cc1F. The molecule has 2 aromatic rings. The predicted molar refractivity (Wildman–Crippen MR) is 96.3 cm³/mol. The molecule has 0 aliphatic heterocycles. The van der Waals surface area contributed by atoms with Gasteiger partial charge in [0.15, 0.2) is 11.0 Å². The van der Waals surface area contributed by atoms with Crippen molar-refractivity contribution in [3.8, 4) is 0 Å². The molecule has 2 rings (SSSR count). The molecule has 0 spiro atoms. The maximum absolute atomic E-state index is 14.6. The van der Waals surface area contributed by atoms with Gasteiger partial charge in [-0.3, -0.25) is 4.99 Å². The number of benzene rings is 1. The molecule has 2 atom stereocenters. The Bertz CT molecular complexity index is 885. The van der Waals surface area contributed by atoms with Crippen molar-refractivity contribution in [3.63, 3.8) is 0 Å². The Morgan fingerprint density at radius 2 is 2.15 bits per heavy atom. The maximum atomic E-state index is 14.6. The first kappa shape index (κ1) is 20.8. The molecule has 1 heterocycles. The fourth-order valence-corrected chi connectivity index (χ4v) is 2.84. The lowest BCUT2D eigenvalue weighted by Crippen LogP contribution is -2.43. The van der Waals surface area contributed by atoms with Crippen LogP contribution in [0, 0.1) is 17.6 Å². The molecular formula is C17H17ClF3N5O. The van der Waals surface area contributed by atoms with Gasteiger partial charge in [0.25, 0.3) is 0 Å². The number of aliphatic hydroxyl groups is 1. The first-order valence-electron chi connectivity index (χ1n) is 7.74. The van der Waals surface area contributed by atoms with Gasteiger partial charge in [-0.25, -0.2) is 27.8 Å². The van der Waals surface area contributed by atoms with Crippen LogP contribution in [0.2, 0.25) is 0 Å². The second kappa shape index (κ2) is 8.45. The molecule has 0 bridgehead atoms. The standard InChI is InChI=1S/C17H17ClF3N5O/c1-10(15(22-2)14(21)16(18)23-3)17(27,7-26-9-24-8-25-26)12-5-4-11(19)6-13(12)20/h4-6,8-10,27H,3,7H2,1-2H3. The molecule has 1 N–H and O–H groups in total. The van der Waals surface area contributed by atoms with Gasteiger partial charge in [0, 0.05) is 24.6 Å². The van der Waals surface area contributed by atoms with Crippen molar-refractivity contribution in [3.05, 3.63) is 59.0 Å². The lowest BCUT2D eigenvalue weighted by molar-refractivity contribution is -0.0160. The van der Waals surface area contributed by atoms with E-state index in [1.165, 1.54) is 31.3 Å². The molecule has 0 amide bonds. The van der Waals surface area contributed by atoms with Crippen molar-refractivity contribution in [1.82, 2.24) is 14.8 Å². The third kappa shape index (κ3) is 4.25. The number of halogens is 4. The number of hydrogen-bond acceptors (Lipinski definition) is 5. The van der Waals surface area contributed by atoms with E-state index in [2.05, 4.69) is 26.8 Å². The molecule has 0 aliphatic rings. The van der Waals surface area contributed by atoms with Crippen LogP contribution >= 0.6 is 11.6 Å². The van der Waals surface area contributed by atoms with Crippen LogP contribution in [0.5, 0.6) is 0 Å². The molecule has 0 saturated heterocycles. The minimum absolute atomic E-state index is 0.261. The molecular weight excluding hydrogens is 383 g/mol. The molecule has 6 nitrogen and oxygen atoms in total. The van der Waals surface area contributed by atoms with E-state index in [0.717, 1.165) is 12.1 Å². The Labute approximate surface area is 158 Å². The van der Waals surface area contributed by atoms with Crippen molar-refractivity contribution in [2.75, 3.05) is 7.05 Å². The summed E-state index contributed by atoms with van der Waals surface area (Å²) >= 11 is 5.69. The highest BCUT2D eigenvalue weighted by Gasteiger charge is 2.43. The van der Waals surface area contributed by atoms with E-state index in [-0.39, 0.29) is 17.8 Å². The van der Waals surface area contributed by atoms with Crippen LogP contribution in [-0.2, 0) is 12.1 Å². The molecule has 1 aromatic carbocycles. The van der Waals surface area contributed by atoms with Crippen molar-refractivity contribution in [2.24, 2.45) is 15.9 Å². The van der Waals surface area contributed by atoms with Crippen molar-refractivity contribution >= 4 is 24.0 Å². The molecule has 27 heavy (non-hydrogen) atoms. The summed E-state index contributed by atoms with van der Waals surface area (Å²) in [5, 5.41) is 14.7. The van der Waals surface area contributed by atoms with E-state index in [4.69, 9.17) is 11.6 Å². The van der Waals surface area contributed by atoms with Gasteiger partial charge in [-0.15, -0.1) is 0 Å². The van der Waals surface area contributed by atoms with Gasteiger partial charge in [0.05, 0.1) is 12.3 Å². The number of aromatic nitrogens is 3. The summed E-state index contributed by atoms with van der Waals surface area (Å²) < 4.78 is 43.6. The van der Waals surface area contributed by atoms with Crippen molar-refractivity contribution in [2.45, 2.75) is 19.1 Å². The predicted octanol–water partition coefficient (Wildman–Crippen LogP) is 3.23. The van der Waals surface area contributed by atoms with Gasteiger partial charge < -0.3 is 5.11 Å². The molecule has 144 valence electrons. The van der Waals surface area contributed by atoms with Gasteiger partial charge >= 0.3 is 0 Å². The van der Waals surface area contributed by atoms with Crippen LogP contribution in [0.1, 0.15) is 12.5 Å². The second-order valence-corrected chi connectivity index (χ2v) is 6.09. The Hall–Kier alpha value is -2.52. The number of hydrogen-bond donors (Lipinski definition) is 1. The van der Waals surface area contributed by atoms with Crippen LogP contribution in [0.4, 0.5) is 13.2 Å². The number of nitrogens with zero attached hydrogens (tertiary/aromatic N) is 5. The van der Waals surface area contributed by atoms with Crippen LogP contribution in [0.15, 0.2) is 51.8 Å². The minimum atomic E-state index is -2.06. The van der Waals surface area contributed by atoms with Crippen LogP contribution in [-0.4, -0.2) is 39.3 Å². The summed E-state index contributed by atoms with van der Waals surface area (Å²) in [5.74, 6) is -3.96. The topological polar surface area (TPSA) is 75.7 Å². The van der Waals surface area contributed by atoms with E-state index >= 15 is 0 Å². The van der Waals surface area contributed by atoms with Crippen LogP contribution in [0.25, 0.3) is 0 Å².